The summed E-state index contributed by atoms with van der Waals surface area (Å²) >= 11 is 0. The summed E-state index contributed by atoms with van der Waals surface area (Å²) in [6.45, 7) is 3.23. The van der Waals surface area contributed by atoms with Crippen LogP contribution in [0, 0.1) is 0 Å². The Balaban J connectivity index is 1.62. The number of rotatable bonds is 7. The molecule has 1 aliphatic carbocycles. The van der Waals surface area contributed by atoms with E-state index in [2.05, 4.69) is 60.8 Å². The zero-order chi connectivity index (χ0) is 26.6. The molecule has 1 fully saturated rings. The Morgan fingerprint density at radius 3 is 1.92 bits per heavy atom. The highest BCUT2D eigenvalue weighted by atomic mass is 16.4. The van der Waals surface area contributed by atoms with Gasteiger partial charge >= 0.3 is 5.97 Å². The first kappa shape index (κ1) is 28.8. The van der Waals surface area contributed by atoms with Gasteiger partial charge in [0.25, 0.3) is 0 Å². The van der Waals surface area contributed by atoms with Gasteiger partial charge in [-0.25, -0.2) is 0 Å². The number of hydrogen-bond donors (Lipinski definition) is 4. The summed E-state index contributed by atoms with van der Waals surface area (Å²) in [4.78, 5) is 11.1. The van der Waals surface area contributed by atoms with Crippen LogP contribution in [0.5, 0.6) is 0 Å². The van der Waals surface area contributed by atoms with Crippen LogP contribution < -0.4 is 16.8 Å². The van der Waals surface area contributed by atoms with Crippen molar-refractivity contribution in [2.24, 2.45) is 11.5 Å². The smallest absolute Gasteiger partial charge is 0.320 e. The molecule has 200 valence electrons. The molecular weight excluding hydrogens is 458 g/mol. The molecule has 1 saturated carbocycles. The normalized spacial score (nSPS) is 23.8. The number of carboxylic acid groups (broad SMARTS) is 1. The average Bonchev–Trinajstić information content (AvgIpc) is 2.92. The van der Waals surface area contributed by atoms with Crippen molar-refractivity contribution in [1.82, 2.24) is 5.32 Å². The Morgan fingerprint density at radius 2 is 1.32 bits per heavy atom. The van der Waals surface area contributed by atoms with Gasteiger partial charge < -0.3 is 21.9 Å². The Labute approximate surface area is 223 Å². The predicted molar refractivity (Wildman–Crippen MR) is 152 cm³/mol. The third kappa shape index (κ3) is 9.58. The van der Waals surface area contributed by atoms with E-state index in [4.69, 9.17) is 16.6 Å². The molecule has 0 radical (unpaired) electrons. The number of aliphatic carboxylic acids is 1. The van der Waals surface area contributed by atoms with Gasteiger partial charge in [-0.1, -0.05) is 111 Å². The molecule has 5 heteroatoms. The fourth-order valence-electron chi connectivity index (χ4n) is 5.29. The minimum absolute atomic E-state index is 0.107. The largest absolute Gasteiger partial charge is 0.480 e. The molecule has 3 unspecified atom stereocenters. The average molecular weight is 504 g/mol. The van der Waals surface area contributed by atoms with Crippen molar-refractivity contribution >= 4 is 5.97 Å². The minimum Gasteiger partial charge on any atom is -0.480 e. The molecule has 3 atom stereocenters. The molecule has 0 heterocycles. The second-order valence-electron chi connectivity index (χ2n) is 10.9. The summed E-state index contributed by atoms with van der Waals surface area (Å²) in [5.41, 5.74) is 15.9. The molecule has 0 saturated heterocycles. The molecule has 0 amide bonds. The van der Waals surface area contributed by atoms with E-state index in [1.165, 1.54) is 24.8 Å². The van der Waals surface area contributed by atoms with Crippen molar-refractivity contribution in [1.29, 1.82) is 0 Å². The van der Waals surface area contributed by atoms with Crippen LogP contribution in [0.4, 0.5) is 0 Å². The maximum absolute atomic E-state index is 11.1. The lowest BCUT2D eigenvalue weighted by molar-refractivity contribution is -0.138. The van der Waals surface area contributed by atoms with Gasteiger partial charge in [0.05, 0.1) is 0 Å². The summed E-state index contributed by atoms with van der Waals surface area (Å²) in [5.74, 6) is -0.973. The fraction of sp³-hybridized carbons (Fsp3) is 0.469. The zero-order valence-corrected chi connectivity index (χ0v) is 22.4. The molecule has 0 aliphatic heterocycles. The SMILES string of the molecule is CC1(NCc2ccccccccc2)CCCCCC(N)(c2ccc(CC(N)C(=O)O)cc2)CCCC1. The zero-order valence-electron chi connectivity index (χ0n) is 22.4. The van der Waals surface area contributed by atoms with Crippen molar-refractivity contribution in [2.45, 2.75) is 94.8 Å². The van der Waals surface area contributed by atoms with E-state index in [0.29, 0.717) is 6.42 Å². The van der Waals surface area contributed by atoms with Crippen LogP contribution in [0.2, 0.25) is 0 Å². The second-order valence-corrected chi connectivity index (χ2v) is 10.9. The minimum atomic E-state index is -0.973. The second kappa shape index (κ2) is 14.3. The van der Waals surface area contributed by atoms with E-state index in [1.807, 2.05) is 30.3 Å². The maximum Gasteiger partial charge on any atom is 0.320 e. The van der Waals surface area contributed by atoms with Crippen molar-refractivity contribution in [3.8, 4) is 0 Å². The Hall–Kier alpha value is -2.73. The molecule has 0 bridgehead atoms. The molecule has 3 rings (SSSR count). The van der Waals surface area contributed by atoms with Gasteiger partial charge in [0.15, 0.2) is 0 Å². The van der Waals surface area contributed by atoms with Gasteiger partial charge in [-0.15, -0.1) is 0 Å². The first-order chi connectivity index (χ1) is 17.8. The number of benzene rings is 1. The van der Waals surface area contributed by atoms with E-state index in [1.54, 1.807) is 0 Å². The van der Waals surface area contributed by atoms with E-state index < -0.39 is 12.0 Å². The third-order valence-electron chi connectivity index (χ3n) is 7.76. The van der Waals surface area contributed by atoms with Crippen LogP contribution in [-0.2, 0) is 23.3 Å². The van der Waals surface area contributed by atoms with Crippen LogP contribution in [0.1, 0.15) is 81.4 Å². The number of carbonyl (C=O) groups is 1. The van der Waals surface area contributed by atoms with Gasteiger partial charge in [0.2, 0.25) is 0 Å². The first-order valence-electron chi connectivity index (χ1n) is 13.8. The fourth-order valence-corrected chi connectivity index (χ4v) is 5.29. The molecule has 0 spiro atoms. The van der Waals surface area contributed by atoms with Crippen LogP contribution in [-0.4, -0.2) is 22.7 Å². The molecule has 5 nitrogen and oxygen atoms in total. The molecular formula is C32H45N3O2. The summed E-state index contributed by atoms with van der Waals surface area (Å²) in [6, 6.07) is 26.1. The van der Waals surface area contributed by atoms with Gasteiger partial charge in [-0.2, -0.15) is 0 Å². The molecule has 37 heavy (non-hydrogen) atoms. The highest BCUT2D eigenvalue weighted by molar-refractivity contribution is 5.73. The Morgan fingerprint density at radius 1 is 0.811 bits per heavy atom. The maximum atomic E-state index is 11.1. The molecule has 1 aliphatic rings. The standard InChI is InChI=1S/C32H45N3O2/c1-31(35-25-27-14-8-5-3-2-4-6-9-15-27)20-10-7-11-22-32(34,23-13-12-21-31)28-18-16-26(17-19-28)24-29(33)30(36)37/h2-6,8-9,14-19,29,35H,7,10-13,20-25,33-34H2,1H3,(H,36,37). The third-order valence-corrected chi connectivity index (χ3v) is 7.76. The van der Waals surface area contributed by atoms with Gasteiger partial charge in [-0.05, 0) is 55.7 Å². The van der Waals surface area contributed by atoms with Gasteiger partial charge in [0, 0.05) is 17.6 Å². The summed E-state index contributed by atoms with van der Waals surface area (Å²) < 4.78 is 0. The highest BCUT2D eigenvalue weighted by Crippen LogP contribution is 2.34. The number of hydrogen-bond acceptors (Lipinski definition) is 4. The monoisotopic (exact) mass is 503 g/mol. The van der Waals surface area contributed by atoms with Crippen LogP contribution >= 0.6 is 0 Å². The van der Waals surface area contributed by atoms with E-state index in [0.717, 1.165) is 56.2 Å². The van der Waals surface area contributed by atoms with Crippen molar-refractivity contribution in [3.63, 3.8) is 0 Å². The topological polar surface area (TPSA) is 101 Å². The summed E-state index contributed by atoms with van der Waals surface area (Å²) in [5, 5.41) is 13.0. The molecule has 0 aromatic heterocycles. The number of carboxylic acids is 1. The lowest BCUT2D eigenvalue weighted by atomic mass is 9.81. The molecule has 2 aromatic rings. The van der Waals surface area contributed by atoms with Crippen LogP contribution in [0.15, 0.2) is 78.9 Å². The lowest BCUT2D eigenvalue weighted by Crippen LogP contribution is -2.41. The van der Waals surface area contributed by atoms with Crippen LogP contribution in [0.3, 0.4) is 0 Å². The van der Waals surface area contributed by atoms with Crippen molar-refractivity contribution in [2.75, 3.05) is 0 Å². The Kier molecular flexibility index (Phi) is 11.1. The number of nitrogens with two attached hydrogens (primary N) is 2. The van der Waals surface area contributed by atoms with E-state index >= 15 is 0 Å². The van der Waals surface area contributed by atoms with Gasteiger partial charge in [0.1, 0.15) is 6.04 Å². The highest BCUT2D eigenvalue weighted by Gasteiger charge is 2.29. The van der Waals surface area contributed by atoms with E-state index in [-0.39, 0.29) is 11.1 Å². The van der Waals surface area contributed by atoms with Crippen LogP contribution in [0.25, 0.3) is 0 Å². The summed E-state index contributed by atoms with van der Waals surface area (Å²) in [7, 11) is 0. The van der Waals surface area contributed by atoms with Gasteiger partial charge in [-0.3, -0.25) is 4.79 Å². The predicted octanol–water partition coefficient (Wildman–Crippen LogP) is 5.99. The van der Waals surface area contributed by atoms with Crippen molar-refractivity contribution < 1.29 is 9.90 Å². The first-order valence-corrected chi connectivity index (χ1v) is 13.8. The lowest BCUT2D eigenvalue weighted by Gasteiger charge is -2.32. The van der Waals surface area contributed by atoms with Crippen molar-refractivity contribution in [3.05, 3.63) is 95.6 Å². The van der Waals surface area contributed by atoms with E-state index in [9.17, 15) is 4.79 Å². The number of nitrogens with one attached hydrogen (secondary N) is 1. The molecule has 6 N–H and O–H groups in total. The summed E-state index contributed by atoms with van der Waals surface area (Å²) in [6.07, 6.45) is 10.2. The quantitative estimate of drug-likeness (QED) is 0.372. The molecule has 2 aromatic carbocycles. The Bertz CT molecular complexity index is 1020.